The number of rotatable bonds is 3. The second-order valence-electron chi connectivity index (χ2n) is 4.55. The van der Waals surface area contributed by atoms with Crippen molar-refractivity contribution in [2.45, 2.75) is 32.5 Å². The van der Waals surface area contributed by atoms with Gasteiger partial charge in [-0.3, -0.25) is 4.68 Å². The fourth-order valence-corrected chi connectivity index (χ4v) is 1.12. The maximum atomic E-state index is 13.6. The summed E-state index contributed by atoms with van der Waals surface area (Å²) in [6, 6.07) is 0. The van der Waals surface area contributed by atoms with E-state index in [4.69, 9.17) is 0 Å². The summed E-state index contributed by atoms with van der Waals surface area (Å²) in [5, 5.41) is 7.05. The Bertz CT molecular complexity index is 288. The molecule has 1 atom stereocenters. The number of alkyl halides is 1. The average Bonchev–Trinajstić information content (AvgIpc) is 2.46. The Labute approximate surface area is 84.3 Å². The van der Waals surface area contributed by atoms with Crippen molar-refractivity contribution in [3.8, 4) is 0 Å². The lowest BCUT2D eigenvalue weighted by Crippen LogP contribution is -2.37. The molecule has 0 amide bonds. The number of hydrogen-bond donors (Lipinski definition) is 1. The fourth-order valence-electron chi connectivity index (χ4n) is 1.12. The summed E-state index contributed by atoms with van der Waals surface area (Å²) in [5.74, 6) is 0. The van der Waals surface area contributed by atoms with Crippen molar-refractivity contribution in [3.63, 3.8) is 0 Å². The summed E-state index contributed by atoms with van der Waals surface area (Å²) < 4.78 is 15.2. The topological polar surface area (TPSA) is 29.9 Å². The van der Waals surface area contributed by atoms with Gasteiger partial charge in [-0.2, -0.15) is 5.10 Å². The summed E-state index contributed by atoms with van der Waals surface area (Å²) in [4.78, 5) is 0. The molecule has 14 heavy (non-hydrogen) atoms. The van der Waals surface area contributed by atoms with Gasteiger partial charge >= 0.3 is 0 Å². The van der Waals surface area contributed by atoms with Gasteiger partial charge in [-0.15, -0.1) is 0 Å². The largest absolute Gasteiger partial charge is 0.309 e. The van der Waals surface area contributed by atoms with Crippen LogP contribution in [0.15, 0.2) is 12.4 Å². The van der Waals surface area contributed by atoms with Crippen molar-refractivity contribution < 1.29 is 4.39 Å². The lowest BCUT2D eigenvalue weighted by Gasteiger charge is -2.21. The number of aryl methyl sites for hydroxylation is 1. The molecule has 0 saturated carbocycles. The maximum absolute atomic E-state index is 13.6. The highest BCUT2D eigenvalue weighted by Crippen LogP contribution is 2.16. The molecule has 1 aromatic heterocycles. The molecule has 0 spiro atoms. The summed E-state index contributed by atoms with van der Waals surface area (Å²) in [5.41, 5.74) is 0.580. The molecule has 0 fully saturated rings. The highest BCUT2D eigenvalue weighted by Gasteiger charge is 2.15. The number of aromatic nitrogens is 2. The molecule has 0 saturated heterocycles. The van der Waals surface area contributed by atoms with Gasteiger partial charge in [-0.25, -0.2) is 4.39 Å². The van der Waals surface area contributed by atoms with E-state index < -0.39 is 6.17 Å². The third-order valence-corrected chi connectivity index (χ3v) is 1.90. The van der Waals surface area contributed by atoms with Gasteiger partial charge in [0.2, 0.25) is 0 Å². The van der Waals surface area contributed by atoms with Crippen molar-refractivity contribution in [1.29, 1.82) is 0 Å². The van der Waals surface area contributed by atoms with Crippen molar-refractivity contribution >= 4 is 0 Å². The van der Waals surface area contributed by atoms with E-state index in [1.807, 2.05) is 20.8 Å². The molecular weight excluding hydrogens is 181 g/mol. The Hall–Kier alpha value is -0.900. The average molecular weight is 199 g/mol. The minimum Gasteiger partial charge on any atom is -0.309 e. The zero-order valence-corrected chi connectivity index (χ0v) is 9.21. The van der Waals surface area contributed by atoms with Crippen LogP contribution in [0, 0.1) is 0 Å². The molecule has 1 N–H and O–H groups in total. The molecule has 0 radical (unpaired) electrons. The van der Waals surface area contributed by atoms with Crippen LogP contribution in [0.1, 0.15) is 32.5 Å². The molecule has 1 aromatic rings. The van der Waals surface area contributed by atoms with E-state index in [1.54, 1.807) is 24.1 Å². The summed E-state index contributed by atoms with van der Waals surface area (Å²) in [6.45, 7) is 6.38. The Kier molecular flexibility index (Phi) is 3.26. The van der Waals surface area contributed by atoms with Crippen LogP contribution in [0.3, 0.4) is 0 Å². The number of nitrogens with one attached hydrogen (secondary N) is 1. The van der Waals surface area contributed by atoms with Crippen LogP contribution in [0.5, 0.6) is 0 Å². The molecule has 0 aliphatic carbocycles. The van der Waals surface area contributed by atoms with Crippen LogP contribution in [-0.2, 0) is 7.05 Å². The predicted molar refractivity (Wildman–Crippen MR) is 54.8 cm³/mol. The molecule has 1 rings (SSSR count). The monoisotopic (exact) mass is 199 g/mol. The Morgan fingerprint density at radius 3 is 2.64 bits per heavy atom. The Morgan fingerprint density at radius 2 is 2.21 bits per heavy atom. The van der Waals surface area contributed by atoms with Gasteiger partial charge in [0.05, 0.1) is 6.20 Å². The molecule has 0 aliphatic heterocycles. The van der Waals surface area contributed by atoms with E-state index in [1.165, 1.54) is 0 Å². The minimum absolute atomic E-state index is 0.0491. The van der Waals surface area contributed by atoms with Gasteiger partial charge in [0.1, 0.15) is 6.17 Å². The molecular formula is C10H18FN3. The molecule has 1 heterocycles. The Balaban J connectivity index is 2.47. The molecule has 0 aliphatic rings. The van der Waals surface area contributed by atoms with Gasteiger partial charge in [-0.1, -0.05) is 0 Å². The van der Waals surface area contributed by atoms with E-state index >= 15 is 0 Å². The first-order valence-corrected chi connectivity index (χ1v) is 4.76. The van der Waals surface area contributed by atoms with Crippen LogP contribution in [-0.4, -0.2) is 21.9 Å². The predicted octanol–water partition coefficient (Wildman–Crippen LogP) is 1.82. The van der Waals surface area contributed by atoms with Crippen molar-refractivity contribution in [3.05, 3.63) is 18.0 Å². The summed E-state index contributed by atoms with van der Waals surface area (Å²) in [7, 11) is 1.79. The smallest absolute Gasteiger partial charge is 0.141 e. The summed E-state index contributed by atoms with van der Waals surface area (Å²) >= 11 is 0. The van der Waals surface area contributed by atoms with Gasteiger partial charge in [0.15, 0.2) is 0 Å². The van der Waals surface area contributed by atoms with E-state index in [-0.39, 0.29) is 5.54 Å². The zero-order valence-electron chi connectivity index (χ0n) is 9.21. The third kappa shape index (κ3) is 3.46. The molecule has 4 heteroatoms. The van der Waals surface area contributed by atoms with Crippen LogP contribution in [0.2, 0.25) is 0 Å². The normalized spacial score (nSPS) is 14.4. The highest BCUT2D eigenvalue weighted by atomic mass is 19.1. The molecule has 3 nitrogen and oxygen atoms in total. The van der Waals surface area contributed by atoms with Crippen LogP contribution in [0.25, 0.3) is 0 Å². The van der Waals surface area contributed by atoms with Crippen molar-refractivity contribution in [1.82, 2.24) is 15.1 Å². The van der Waals surface area contributed by atoms with E-state index in [0.29, 0.717) is 12.1 Å². The molecule has 0 aromatic carbocycles. The third-order valence-electron chi connectivity index (χ3n) is 1.90. The first-order valence-electron chi connectivity index (χ1n) is 4.76. The number of nitrogens with zero attached hydrogens (tertiary/aromatic N) is 2. The van der Waals surface area contributed by atoms with E-state index in [9.17, 15) is 4.39 Å². The van der Waals surface area contributed by atoms with E-state index in [2.05, 4.69) is 10.4 Å². The van der Waals surface area contributed by atoms with Gasteiger partial charge in [-0.05, 0) is 20.8 Å². The number of hydrogen-bond acceptors (Lipinski definition) is 2. The van der Waals surface area contributed by atoms with Crippen LogP contribution < -0.4 is 5.32 Å². The molecule has 80 valence electrons. The first kappa shape index (κ1) is 11.2. The highest BCUT2D eigenvalue weighted by molar-refractivity contribution is 5.08. The maximum Gasteiger partial charge on any atom is 0.141 e. The van der Waals surface area contributed by atoms with Gasteiger partial charge in [0, 0.05) is 30.9 Å². The van der Waals surface area contributed by atoms with Crippen molar-refractivity contribution in [2.75, 3.05) is 6.54 Å². The molecule has 0 bridgehead atoms. The van der Waals surface area contributed by atoms with Crippen LogP contribution >= 0.6 is 0 Å². The lowest BCUT2D eigenvalue weighted by molar-refractivity contribution is 0.291. The van der Waals surface area contributed by atoms with Crippen molar-refractivity contribution in [2.24, 2.45) is 7.05 Å². The minimum atomic E-state index is -0.983. The lowest BCUT2D eigenvalue weighted by atomic mass is 10.1. The standard InChI is InChI=1S/C10H18FN3/c1-10(2,3)12-6-9(11)8-5-13-14(4)7-8/h5,7,9,12H,6H2,1-4H3. The second-order valence-corrected chi connectivity index (χ2v) is 4.55. The zero-order chi connectivity index (χ0) is 10.8. The fraction of sp³-hybridized carbons (Fsp3) is 0.700. The van der Waals surface area contributed by atoms with Gasteiger partial charge in [0.25, 0.3) is 0 Å². The van der Waals surface area contributed by atoms with E-state index in [0.717, 1.165) is 0 Å². The van der Waals surface area contributed by atoms with Gasteiger partial charge < -0.3 is 5.32 Å². The quantitative estimate of drug-likeness (QED) is 0.804. The molecule has 1 unspecified atom stereocenters. The first-order chi connectivity index (χ1) is 6.38. The van der Waals surface area contributed by atoms with Crippen LogP contribution in [0.4, 0.5) is 4.39 Å². The summed E-state index contributed by atoms with van der Waals surface area (Å²) in [6.07, 6.45) is 2.28. The Morgan fingerprint density at radius 1 is 1.57 bits per heavy atom. The number of halogens is 1. The SMILES string of the molecule is Cn1cc(C(F)CNC(C)(C)C)cn1. The second kappa shape index (κ2) is 4.09.